The summed E-state index contributed by atoms with van der Waals surface area (Å²) in [5.41, 5.74) is 0.746. The minimum absolute atomic E-state index is 0.0801. The first-order chi connectivity index (χ1) is 10.2. The third kappa shape index (κ3) is 3.44. The average molecular weight is 305 g/mol. The van der Waals surface area contributed by atoms with Gasteiger partial charge in [0.2, 0.25) is 5.88 Å². The Labute approximate surface area is 127 Å². The number of nitrogens with one attached hydrogen (secondary N) is 2. The maximum absolute atomic E-state index is 12.2. The van der Waals surface area contributed by atoms with Crippen LogP contribution in [0, 0.1) is 12.8 Å². The number of carbonyl (C=O) groups excluding carboxylic acids is 1. The second-order valence-electron chi connectivity index (χ2n) is 5.47. The second-order valence-corrected chi connectivity index (χ2v) is 6.45. The second kappa shape index (κ2) is 6.30. The molecule has 0 bridgehead atoms. The summed E-state index contributed by atoms with van der Waals surface area (Å²) in [6, 6.07) is 5.66. The molecule has 0 saturated heterocycles. The largest absolute Gasteiger partial charge is 0.338 e. The van der Waals surface area contributed by atoms with Crippen molar-refractivity contribution in [1.82, 2.24) is 10.5 Å². The molecule has 3 rings (SSSR count). The van der Waals surface area contributed by atoms with E-state index in [2.05, 4.69) is 27.2 Å². The highest BCUT2D eigenvalue weighted by atomic mass is 32.1. The summed E-state index contributed by atoms with van der Waals surface area (Å²) in [6.45, 7) is 1.82. The summed E-state index contributed by atoms with van der Waals surface area (Å²) >= 11 is 1.69. The molecular weight excluding hydrogens is 286 g/mol. The zero-order chi connectivity index (χ0) is 14.7. The molecule has 1 saturated carbocycles. The van der Waals surface area contributed by atoms with E-state index in [4.69, 9.17) is 4.52 Å². The number of thiophene rings is 1. The number of amides is 2. The van der Waals surface area contributed by atoms with Crippen LogP contribution in [0.25, 0.3) is 0 Å². The molecule has 21 heavy (non-hydrogen) atoms. The first-order valence-electron chi connectivity index (χ1n) is 7.26. The van der Waals surface area contributed by atoms with E-state index in [0.29, 0.717) is 11.8 Å². The fraction of sp³-hybridized carbons (Fsp3) is 0.467. The van der Waals surface area contributed by atoms with E-state index < -0.39 is 0 Å². The molecule has 2 heterocycles. The Hall–Kier alpha value is -1.82. The van der Waals surface area contributed by atoms with Crippen LogP contribution in [0.3, 0.4) is 0 Å². The minimum atomic E-state index is -0.239. The van der Waals surface area contributed by atoms with E-state index in [0.717, 1.165) is 5.69 Å². The maximum Gasteiger partial charge on any atom is 0.322 e. The molecule has 112 valence electrons. The fourth-order valence-electron chi connectivity index (χ4n) is 2.89. The van der Waals surface area contributed by atoms with E-state index in [1.165, 1.54) is 30.6 Å². The monoisotopic (exact) mass is 305 g/mol. The Morgan fingerprint density at radius 1 is 1.48 bits per heavy atom. The predicted molar refractivity (Wildman–Crippen MR) is 82.4 cm³/mol. The summed E-state index contributed by atoms with van der Waals surface area (Å²) in [4.78, 5) is 13.4. The van der Waals surface area contributed by atoms with Gasteiger partial charge in [0.25, 0.3) is 0 Å². The smallest absolute Gasteiger partial charge is 0.322 e. The van der Waals surface area contributed by atoms with Gasteiger partial charge in [0.05, 0.1) is 11.7 Å². The van der Waals surface area contributed by atoms with E-state index >= 15 is 0 Å². The molecule has 1 aliphatic rings. The van der Waals surface area contributed by atoms with Crippen molar-refractivity contribution >= 4 is 23.3 Å². The van der Waals surface area contributed by atoms with Crippen molar-refractivity contribution in [2.75, 3.05) is 5.32 Å². The van der Waals surface area contributed by atoms with Gasteiger partial charge in [-0.2, -0.15) is 0 Å². The van der Waals surface area contributed by atoms with Crippen LogP contribution >= 0.6 is 11.3 Å². The normalized spacial score (nSPS) is 16.8. The average Bonchev–Trinajstić information content (AvgIpc) is 3.19. The van der Waals surface area contributed by atoms with Crippen molar-refractivity contribution in [3.05, 3.63) is 34.2 Å². The fourth-order valence-corrected chi connectivity index (χ4v) is 3.76. The molecule has 0 radical (unpaired) electrons. The third-order valence-corrected chi connectivity index (χ3v) is 4.83. The number of nitrogens with zero attached hydrogens (tertiary/aromatic N) is 1. The Bertz CT molecular complexity index is 588. The Balaban J connectivity index is 1.67. The standard InChI is InChI=1S/C15H19N3O2S/c1-10-9-13(20-18-10)16-15(19)17-14(11-5-2-3-6-11)12-7-4-8-21-12/h4,7-9,11,14H,2-3,5-6H2,1H3,(H2,16,17,19)/t14-/m1/s1. The molecule has 0 aromatic carbocycles. The van der Waals surface area contributed by atoms with Crippen molar-refractivity contribution in [1.29, 1.82) is 0 Å². The molecule has 2 amide bonds. The van der Waals surface area contributed by atoms with Crippen molar-refractivity contribution in [2.45, 2.75) is 38.6 Å². The van der Waals surface area contributed by atoms with Gasteiger partial charge in [0, 0.05) is 10.9 Å². The number of aryl methyl sites for hydroxylation is 1. The number of rotatable bonds is 4. The maximum atomic E-state index is 12.2. The molecule has 0 unspecified atom stereocenters. The summed E-state index contributed by atoms with van der Waals surface area (Å²) in [6.07, 6.45) is 4.84. The summed E-state index contributed by atoms with van der Waals surface area (Å²) in [5, 5.41) is 11.6. The number of aromatic nitrogens is 1. The summed E-state index contributed by atoms with van der Waals surface area (Å²) in [5.74, 6) is 0.896. The number of urea groups is 1. The lowest BCUT2D eigenvalue weighted by atomic mass is 9.97. The number of anilines is 1. The third-order valence-electron chi connectivity index (χ3n) is 3.87. The summed E-state index contributed by atoms with van der Waals surface area (Å²) in [7, 11) is 0. The molecule has 0 aliphatic heterocycles. The first kappa shape index (κ1) is 14.1. The molecule has 1 atom stereocenters. The van der Waals surface area contributed by atoms with Crippen LogP contribution in [-0.4, -0.2) is 11.2 Å². The van der Waals surface area contributed by atoms with E-state index in [9.17, 15) is 4.79 Å². The lowest BCUT2D eigenvalue weighted by Gasteiger charge is -2.23. The van der Waals surface area contributed by atoms with Gasteiger partial charge < -0.3 is 9.84 Å². The lowest BCUT2D eigenvalue weighted by molar-refractivity contribution is 0.242. The van der Waals surface area contributed by atoms with E-state index in [1.54, 1.807) is 17.4 Å². The Morgan fingerprint density at radius 3 is 2.90 bits per heavy atom. The molecule has 2 N–H and O–H groups in total. The van der Waals surface area contributed by atoms with Crippen LogP contribution < -0.4 is 10.6 Å². The molecule has 1 fully saturated rings. The lowest BCUT2D eigenvalue weighted by Crippen LogP contribution is -2.35. The van der Waals surface area contributed by atoms with Gasteiger partial charge in [0.15, 0.2) is 0 Å². The predicted octanol–water partition coefficient (Wildman–Crippen LogP) is 4.10. The van der Waals surface area contributed by atoms with Gasteiger partial charge >= 0.3 is 6.03 Å². The first-order valence-corrected chi connectivity index (χ1v) is 8.14. The Morgan fingerprint density at radius 2 is 2.29 bits per heavy atom. The topological polar surface area (TPSA) is 67.2 Å². The van der Waals surface area contributed by atoms with Gasteiger partial charge in [-0.05, 0) is 37.1 Å². The van der Waals surface area contributed by atoms with E-state index in [-0.39, 0.29) is 12.1 Å². The highest BCUT2D eigenvalue weighted by Crippen LogP contribution is 2.37. The zero-order valence-corrected chi connectivity index (χ0v) is 12.8. The van der Waals surface area contributed by atoms with Gasteiger partial charge in [-0.3, -0.25) is 5.32 Å². The molecule has 2 aromatic rings. The number of hydrogen-bond donors (Lipinski definition) is 2. The number of carbonyl (C=O) groups is 1. The molecular formula is C15H19N3O2S. The molecule has 0 spiro atoms. The van der Waals surface area contributed by atoms with Crippen LogP contribution in [0.1, 0.15) is 42.3 Å². The van der Waals surface area contributed by atoms with Crippen LogP contribution in [0.5, 0.6) is 0 Å². The van der Waals surface area contributed by atoms with Gasteiger partial charge in [-0.1, -0.05) is 24.1 Å². The van der Waals surface area contributed by atoms with Crippen molar-refractivity contribution < 1.29 is 9.32 Å². The van der Waals surface area contributed by atoms with Crippen LogP contribution in [0.2, 0.25) is 0 Å². The van der Waals surface area contributed by atoms with Gasteiger partial charge in [-0.15, -0.1) is 11.3 Å². The highest BCUT2D eigenvalue weighted by Gasteiger charge is 2.28. The van der Waals surface area contributed by atoms with Gasteiger partial charge in [-0.25, -0.2) is 4.79 Å². The van der Waals surface area contributed by atoms with Crippen molar-refractivity contribution in [3.8, 4) is 0 Å². The molecule has 1 aliphatic carbocycles. The van der Waals surface area contributed by atoms with Crippen LogP contribution in [0.15, 0.2) is 28.1 Å². The molecule has 5 nitrogen and oxygen atoms in total. The SMILES string of the molecule is Cc1cc(NC(=O)N[C@@H](c2cccs2)C2CCCC2)on1. The molecule has 6 heteroatoms. The van der Waals surface area contributed by atoms with Crippen molar-refractivity contribution in [3.63, 3.8) is 0 Å². The Kier molecular flexibility index (Phi) is 4.24. The quantitative estimate of drug-likeness (QED) is 0.893. The highest BCUT2D eigenvalue weighted by molar-refractivity contribution is 7.10. The summed E-state index contributed by atoms with van der Waals surface area (Å²) < 4.78 is 5.01. The van der Waals surface area contributed by atoms with Crippen LogP contribution in [0.4, 0.5) is 10.7 Å². The van der Waals surface area contributed by atoms with E-state index in [1.807, 2.05) is 13.0 Å². The minimum Gasteiger partial charge on any atom is -0.338 e. The number of hydrogen-bond acceptors (Lipinski definition) is 4. The molecule has 2 aromatic heterocycles. The van der Waals surface area contributed by atoms with Crippen LogP contribution in [-0.2, 0) is 0 Å². The van der Waals surface area contributed by atoms with Gasteiger partial charge in [0.1, 0.15) is 0 Å². The zero-order valence-electron chi connectivity index (χ0n) is 12.0. The van der Waals surface area contributed by atoms with Crippen molar-refractivity contribution in [2.24, 2.45) is 5.92 Å².